The molecule has 6 heteroatoms. The van der Waals surface area contributed by atoms with E-state index in [0.717, 1.165) is 5.56 Å². The van der Waals surface area contributed by atoms with Crippen molar-refractivity contribution in [1.29, 1.82) is 0 Å². The van der Waals surface area contributed by atoms with E-state index in [9.17, 15) is 4.79 Å². The zero-order chi connectivity index (χ0) is 11.5. The second-order valence-corrected chi connectivity index (χ2v) is 3.78. The van der Waals surface area contributed by atoms with Crippen LogP contribution < -0.4 is 0 Å². The Balaban J connectivity index is 2.49. The van der Waals surface area contributed by atoms with Gasteiger partial charge in [0.2, 0.25) is 0 Å². The largest absolute Gasteiger partial charge is 0.478 e. The fourth-order valence-corrected chi connectivity index (χ4v) is 1.83. The van der Waals surface area contributed by atoms with Crippen molar-refractivity contribution in [2.45, 2.75) is 13.3 Å². The molecule has 0 saturated carbocycles. The van der Waals surface area contributed by atoms with E-state index in [0.29, 0.717) is 17.9 Å². The van der Waals surface area contributed by atoms with Gasteiger partial charge in [-0.15, -0.1) is 0 Å². The number of aryl methyl sites for hydroxylation is 1. The Morgan fingerprint density at radius 3 is 2.88 bits per heavy atom. The standard InChI is InChI=1S/C10H9N3O2S/c1-2-8-7(10(14)15)4-11-9(13-8)6-3-12-16-5-6/h3-5H,2H2,1H3,(H,14,15). The maximum atomic E-state index is 10.9. The molecule has 0 unspecified atom stereocenters. The maximum absolute atomic E-state index is 10.9. The summed E-state index contributed by atoms with van der Waals surface area (Å²) in [7, 11) is 0. The quantitative estimate of drug-likeness (QED) is 0.878. The van der Waals surface area contributed by atoms with Crippen LogP contribution in [0.5, 0.6) is 0 Å². The van der Waals surface area contributed by atoms with Crippen molar-refractivity contribution in [3.8, 4) is 11.4 Å². The summed E-state index contributed by atoms with van der Waals surface area (Å²) in [5.74, 6) is -0.470. The van der Waals surface area contributed by atoms with Crippen molar-refractivity contribution in [2.75, 3.05) is 0 Å². The molecule has 5 nitrogen and oxygen atoms in total. The second-order valence-electron chi connectivity index (χ2n) is 3.13. The van der Waals surface area contributed by atoms with Crippen LogP contribution in [-0.2, 0) is 6.42 Å². The molecule has 2 rings (SSSR count). The minimum Gasteiger partial charge on any atom is -0.478 e. The van der Waals surface area contributed by atoms with Crippen LogP contribution in [-0.4, -0.2) is 25.4 Å². The molecule has 16 heavy (non-hydrogen) atoms. The lowest BCUT2D eigenvalue weighted by Gasteiger charge is -2.03. The molecule has 0 aromatic carbocycles. The van der Waals surface area contributed by atoms with Crippen molar-refractivity contribution < 1.29 is 9.90 Å². The molecule has 1 N–H and O–H groups in total. The smallest absolute Gasteiger partial charge is 0.339 e. The Labute approximate surface area is 96.0 Å². The number of carboxylic acid groups (broad SMARTS) is 1. The number of aromatic nitrogens is 3. The van der Waals surface area contributed by atoms with E-state index >= 15 is 0 Å². The molecular weight excluding hydrogens is 226 g/mol. The van der Waals surface area contributed by atoms with Gasteiger partial charge in [0.25, 0.3) is 0 Å². The molecule has 2 aromatic heterocycles. The van der Waals surface area contributed by atoms with Gasteiger partial charge >= 0.3 is 5.97 Å². The normalized spacial score (nSPS) is 10.3. The van der Waals surface area contributed by atoms with Crippen LogP contribution in [0.15, 0.2) is 17.8 Å². The van der Waals surface area contributed by atoms with E-state index < -0.39 is 5.97 Å². The van der Waals surface area contributed by atoms with Gasteiger partial charge < -0.3 is 5.11 Å². The summed E-state index contributed by atoms with van der Waals surface area (Å²) in [4.78, 5) is 19.1. The highest BCUT2D eigenvalue weighted by Crippen LogP contribution is 2.17. The molecule has 0 fully saturated rings. The fraction of sp³-hybridized carbons (Fsp3) is 0.200. The lowest BCUT2D eigenvalue weighted by molar-refractivity contribution is 0.0694. The van der Waals surface area contributed by atoms with Crippen LogP contribution in [0.1, 0.15) is 23.0 Å². The lowest BCUT2D eigenvalue weighted by atomic mass is 10.2. The van der Waals surface area contributed by atoms with Gasteiger partial charge in [-0.1, -0.05) is 6.92 Å². The molecule has 2 heterocycles. The number of hydrogen-bond donors (Lipinski definition) is 1. The Kier molecular flexibility index (Phi) is 2.91. The molecule has 0 amide bonds. The SMILES string of the molecule is CCc1nc(-c2cnsc2)ncc1C(=O)O. The van der Waals surface area contributed by atoms with E-state index in [4.69, 9.17) is 5.11 Å². The average Bonchev–Trinajstić information content (AvgIpc) is 2.81. The van der Waals surface area contributed by atoms with Gasteiger partial charge in [-0.2, -0.15) is 0 Å². The second kappa shape index (κ2) is 4.36. The molecule has 0 aliphatic heterocycles. The molecular formula is C10H9N3O2S. The highest BCUT2D eigenvalue weighted by molar-refractivity contribution is 7.03. The molecule has 2 aromatic rings. The Hall–Kier alpha value is -1.82. The third kappa shape index (κ3) is 1.92. The number of rotatable bonds is 3. The van der Waals surface area contributed by atoms with Crippen LogP contribution >= 0.6 is 11.5 Å². The van der Waals surface area contributed by atoms with E-state index in [1.807, 2.05) is 12.3 Å². The van der Waals surface area contributed by atoms with Crippen molar-refractivity contribution in [3.63, 3.8) is 0 Å². The summed E-state index contributed by atoms with van der Waals surface area (Å²) >= 11 is 1.31. The molecule has 0 saturated heterocycles. The van der Waals surface area contributed by atoms with E-state index in [-0.39, 0.29) is 5.56 Å². The zero-order valence-corrected chi connectivity index (χ0v) is 9.36. The van der Waals surface area contributed by atoms with Gasteiger partial charge in [0, 0.05) is 17.1 Å². The van der Waals surface area contributed by atoms with Gasteiger partial charge in [-0.3, -0.25) is 0 Å². The zero-order valence-electron chi connectivity index (χ0n) is 8.54. The summed E-state index contributed by atoms with van der Waals surface area (Å²) in [6.07, 6.45) is 3.58. The summed E-state index contributed by atoms with van der Waals surface area (Å²) in [6, 6.07) is 0. The van der Waals surface area contributed by atoms with Crippen LogP contribution in [0.4, 0.5) is 0 Å². The molecule has 0 aliphatic carbocycles. The third-order valence-corrected chi connectivity index (χ3v) is 2.71. The molecule has 82 valence electrons. The number of nitrogens with zero attached hydrogens (tertiary/aromatic N) is 3. The summed E-state index contributed by atoms with van der Waals surface area (Å²) in [6.45, 7) is 1.87. The van der Waals surface area contributed by atoms with Crippen molar-refractivity contribution >= 4 is 17.5 Å². The van der Waals surface area contributed by atoms with Crippen molar-refractivity contribution in [1.82, 2.24) is 14.3 Å². The Morgan fingerprint density at radius 2 is 2.31 bits per heavy atom. The van der Waals surface area contributed by atoms with Gasteiger partial charge in [0.15, 0.2) is 5.82 Å². The minimum atomic E-state index is -0.994. The topological polar surface area (TPSA) is 76.0 Å². The van der Waals surface area contributed by atoms with Crippen LogP contribution in [0, 0.1) is 0 Å². The minimum absolute atomic E-state index is 0.162. The monoisotopic (exact) mass is 235 g/mol. The lowest BCUT2D eigenvalue weighted by Crippen LogP contribution is -2.06. The van der Waals surface area contributed by atoms with Crippen LogP contribution in [0.3, 0.4) is 0 Å². The number of aromatic carboxylic acids is 1. The van der Waals surface area contributed by atoms with Crippen LogP contribution in [0.25, 0.3) is 11.4 Å². The van der Waals surface area contributed by atoms with E-state index in [2.05, 4.69) is 14.3 Å². The Bertz CT molecular complexity index is 511. The molecule has 0 spiro atoms. The first-order chi connectivity index (χ1) is 7.72. The van der Waals surface area contributed by atoms with Gasteiger partial charge in [0.05, 0.1) is 17.5 Å². The number of carboxylic acids is 1. The predicted octanol–water partition coefficient (Wildman–Crippen LogP) is 1.86. The van der Waals surface area contributed by atoms with Gasteiger partial charge in [0.1, 0.15) is 0 Å². The number of hydrogen-bond acceptors (Lipinski definition) is 5. The molecule has 0 atom stereocenters. The third-order valence-electron chi connectivity index (χ3n) is 2.12. The van der Waals surface area contributed by atoms with Crippen molar-refractivity contribution in [3.05, 3.63) is 29.0 Å². The fourth-order valence-electron chi connectivity index (χ4n) is 1.32. The molecule has 0 radical (unpaired) electrons. The van der Waals surface area contributed by atoms with E-state index in [1.54, 1.807) is 6.20 Å². The number of carbonyl (C=O) groups is 1. The Morgan fingerprint density at radius 1 is 1.50 bits per heavy atom. The average molecular weight is 235 g/mol. The summed E-state index contributed by atoms with van der Waals surface area (Å²) in [5, 5.41) is 10.8. The van der Waals surface area contributed by atoms with E-state index in [1.165, 1.54) is 17.7 Å². The summed E-state index contributed by atoms with van der Waals surface area (Å²) < 4.78 is 3.96. The first-order valence-electron chi connectivity index (χ1n) is 4.71. The first-order valence-corrected chi connectivity index (χ1v) is 5.55. The predicted molar refractivity (Wildman–Crippen MR) is 59.5 cm³/mol. The van der Waals surface area contributed by atoms with Crippen LogP contribution in [0.2, 0.25) is 0 Å². The van der Waals surface area contributed by atoms with Crippen molar-refractivity contribution in [2.24, 2.45) is 0 Å². The molecule has 0 bridgehead atoms. The van der Waals surface area contributed by atoms with Gasteiger partial charge in [-0.05, 0) is 18.0 Å². The first kappa shape index (κ1) is 10.7. The highest BCUT2D eigenvalue weighted by Gasteiger charge is 2.13. The maximum Gasteiger partial charge on any atom is 0.339 e. The highest BCUT2D eigenvalue weighted by atomic mass is 32.1. The molecule has 0 aliphatic rings. The summed E-state index contributed by atoms with van der Waals surface area (Å²) in [5.41, 5.74) is 1.52. The van der Waals surface area contributed by atoms with Gasteiger partial charge in [-0.25, -0.2) is 19.1 Å².